The Kier molecular flexibility index (Phi) is 7.15. The first-order valence-corrected chi connectivity index (χ1v) is 13.0. The summed E-state index contributed by atoms with van der Waals surface area (Å²) in [4.78, 5) is 12.7. The monoisotopic (exact) mass is 465 g/mol. The summed E-state index contributed by atoms with van der Waals surface area (Å²) in [7, 11) is -7.21. The molecular formula is C21H27N3O5S2. The van der Waals surface area contributed by atoms with Crippen LogP contribution in [0.25, 0.3) is 0 Å². The molecule has 1 aliphatic heterocycles. The molecule has 0 aromatic heterocycles. The first-order valence-electron chi connectivity index (χ1n) is 10.1. The van der Waals surface area contributed by atoms with Gasteiger partial charge in [0.15, 0.2) is 0 Å². The molecule has 0 unspecified atom stereocenters. The first-order chi connectivity index (χ1) is 14.6. The van der Waals surface area contributed by atoms with Crippen molar-refractivity contribution in [2.45, 2.75) is 36.5 Å². The third-order valence-corrected chi connectivity index (χ3v) is 8.67. The van der Waals surface area contributed by atoms with E-state index in [1.165, 1.54) is 28.6 Å². The maximum atomic E-state index is 12.5. The van der Waals surface area contributed by atoms with E-state index >= 15 is 0 Å². The van der Waals surface area contributed by atoms with Crippen LogP contribution in [0.2, 0.25) is 0 Å². The maximum absolute atomic E-state index is 12.5. The van der Waals surface area contributed by atoms with Gasteiger partial charge < -0.3 is 5.32 Å². The fraction of sp³-hybridized carbons (Fsp3) is 0.381. The van der Waals surface area contributed by atoms with Crippen molar-refractivity contribution in [3.05, 3.63) is 59.2 Å². The molecule has 1 fully saturated rings. The smallest absolute Gasteiger partial charge is 0.251 e. The molecule has 10 heteroatoms. The van der Waals surface area contributed by atoms with E-state index in [4.69, 9.17) is 0 Å². The summed E-state index contributed by atoms with van der Waals surface area (Å²) in [6, 6.07) is 11.0. The van der Waals surface area contributed by atoms with Gasteiger partial charge in [-0.1, -0.05) is 12.1 Å². The molecule has 0 atom stereocenters. The fourth-order valence-electron chi connectivity index (χ4n) is 3.39. The number of carbonyl (C=O) groups is 1. The van der Waals surface area contributed by atoms with E-state index in [1.54, 1.807) is 19.1 Å². The summed E-state index contributed by atoms with van der Waals surface area (Å²) < 4.78 is 54.0. The largest absolute Gasteiger partial charge is 0.351 e. The molecule has 2 aromatic carbocycles. The van der Waals surface area contributed by atoms with Crippen molar-refractivity contribution in [1.82, 2.24) is 14.3 Å². The molecular weight excluding hydrogens is 438 g/mol. The van der Waals surface area contributed by atoms with E-state index in [1.807, 2.05) is 13.0 Å². The molecule has 0 bridgehead atoms. The summed E-state index contributed by atoms with van der Waals surface area (Å²) in [5, 5.41) is 2.64. The average Bonchev–Trinajstić information content (AvgIpc) is 3.29. The number of nitrogens with zero attached hydrogens (tertiary/aromatic N) is 1. The van der Waals surface area contributed by atoms with Crippen molar-refractivity contribution >= 4 is 26.0 Å². The van der Waals surface area contributed by atoms with E-state index in [0.717, 1.165) is 18.4 Å². The first kappa shape index (κ1) is 23.4. The van der Waals surface area contributed by atoms with E-state index < -0.39 is 26.0 Å². The number of aryl methyl sites for hydroxylation is 2. The number of hydrogen-bond donors (Lipinski definition) is 2. The number of amides is 1. The van der Waals surface area contributed by atoms with Gasteiger partial charge in [-0.2, -0.15) is 4.31 Å². The molecule has 1 amide bonds. The van der Waals surface area contributed by atoms with Gasteiger partial charge in [0.1, 0.15) is 0 Å². The minimum atomic E-state index is -3.68. The van der Waals surface area contributed by atoms with Gasteiger partial charge in [-0.25, -0.2) is 21.6 Å². The Morgan fingerprint density at radius 1 is 0.935 bits per heavy atom. The Morgan fingerprint density at radius 3 is 2.23 bits per heavy atom. The van der Waals surface area contributed by atoms with Crippen LogP contribution in [0.5, 0.6) is 0 Å². The second kappa shape index (κ2) is 9.47. The number of rotatable bonds is 8. The van der Waals surface area contributed by atoms with Crippen LogP contribution in [0.1, 0.15) is 34.3 Å². The van der Waals surface area contributed by atoms with Gasteiger partial charge in [0.05, 0.1) is 9.79 Å². The van der Waals surface area contributed by atoms with E-state index in [0.29, 0.717) is 24.2 Å². The highest BCUT2D eigenvalue weighted by Gasteiger charge is 2.27. The Bertz CT molecular complexity index is 1150. The lowest BCUT2D eigenvalue weighted by Crippen LogP contribution is -2.35. The highest BCUT2D eigenvalue weighted by molar-refractivity contribution is 7.89. The van der Waals surface area contributed by atoms with Crippen LogP contribution >= 0.6 is 0 Å². The van der Waals surface area contributed by atoms with Crippen LogP contribution in [0.15, 0.2) is 52.3 Å². The maximum Gasteiger partial charge on any atom is 0.251 e. The zero-order chi connectivity index (χ0) is 22.6. The highest BCUT2D eigenvalue weighted by Crippen LogP contribution is 2.21. The van der Waals surface area contributed by atoms with Crippen LogP contribution in [-0.2, 0) is 20.0 Å². The van der Waals surface area contributed by atoms with Crippen molar-refractivity contribution in [1.29, 1.82) is 0 Å². The van der Waals surface area contributed by atoms with Gasteiger partial charge in [0.25, 0.3) is 5.91 Å². The number of nitrogens with one attached hydrogen (secondary N) is 2. The summed E-state index contributed by atoms with van der Waals surface area (Å²) in [6.45, 7) is 4.70. The van der Waals surface area contributed by atoms with Crippen molar-refractivity contribution < 1.29 is 21.6 Å². The molecule has 8 nitrogen and oxygen atoms in total. The third-order valence-electron chi connectivity index (χ3n) is 5.16. The van der Waals surface area contributed by atoms with Crippen molar-refractivity contribution in [2.75, 3.05) is 26.2 Å². The average molecular weight is 466 g/mol. The summed E-state index contributed by atoms with van der Waals surface area (Å²) >= 11 is 0. The van der Waals surface area contributed by atoms with Crippen LogP contribution in [0.4, 0.5) is 0 Å². The molecule has 31 heavy (non-hydrogen) atoms. The molecule has 168 valence electrons. The minimum absolute atomic E-state index is 0.0306. The Morgan fingerprint density at radius 2 is 1.58 bits per heavy atom. The molecule has 0 spiro atoms. The predicted molar refractivity (Wildman–Crippen MR) is 118 cm³/mol. The molecule has 2 N–H and O–H groups in total. The zero-order valence-electron chi connectivity index (χ0n) is 17.6. The summed E-state index contributed by atoms with van der Waals surface area (Å²) in [6.07, 6.45) is 1.71. The van der Waals surface area contributed by atoms with Crippen LogP contribution in [-0.4, -0.2) is 53.2 Å². The lowest BCUT2D eigenvalue weighted by atomic mass is 10.2. The van der Waals surface area contributed by atoms with E-state index in [2.05, 4.69) is 10.0 Å². The second-order valence-electron chi connectivity index (χ2n) is 7.56. The van der Waals surface area contributed by atoms with Crippen LogP contribution in [0, 0.1) is 13.8 Å². The molecule has 2 aromatic rings. The molecule has 1 saturated heterocycles. The van der Waals surface area contributed by atoms with Crippen LogP contribution in [0.3, 0.4) is 0 Å². The lowest BCUT2D eigenvalue weighted by Gasteiger charge is -2.15. The van der Waals surface area contributed by atoms with Gasteiger partial charge in [-0.15, -0.1) is 0 Å². The lowest BCUT2D eigenvalue weighted by molar-refractivity contribution is 0.0954. The van der Waals surface area contributed by atoms with Gasteiger partial charge in [-0.05, 0) is 68.1 Å². The van der Waals surface area contributed by atoms with Crippen molar-refractivity contribution in [3.63, 3.8) is 0 Å². The van der Waals surface area contributed by atoms with Crippen LogP contribution < -0.4 is 10.0 Å². The summed E-state index contributed by atoms with van der Waals surface area (Å²) in [5.74, 6) is -0.406. The minimum Gasteiger partial charge on any atom is -0.351 e. The molecule has 0 radical (unpaired) electrons. The van der Waals surface area contributed by atoms with Crippen molar-refractivity contribution in [2.24, 2.45) is 0 Å². The normalized spacial score (nSPS) is 15.2. The molecule has 3 rings (SSSR count). The topological polar surface area (TPSA) is 113 Å². The fourth-order valence-corrected chi connectivity index (χ4v) is 6.27. The number of carbonyl (C=O) groups excluding carboxylic acids is 1. The zero-order valence-corrected chi connectivity index (χ0v) is 19.2. The highest BCUT2D eigenvalue weighted by atomic mass is 32.2. The number of hydrogen-bond acceptors (Lipinski definition) is 5. The van der Waals surface area contributed by atoms with Gasteiger partial charge in [-0.3, -0.25) is 4.79 Å². The molecule has 0 aliphatic carbocycles. The van der Waals surface area contributed by atoms with Gasteiger partial charge >= 0.3 is 0 Å². The quantitative estimate of drug-likeness (QED) is 0.577. The molecule has 0 saturated carbocycles. The van der Waals surface area contributed by atoms with Gasteiger partial charge in [0, 0.05) is 31.7 Å². The molecule has 1 aliphatic rings. The molecule has 1 heterocycles. The van der Waals surface area contributed by atoms with Crippen molar-refractivity contribution in [3.8, 4) is 0 Å². The third kappa shape index (κ3) is 5.51. The predicted octanol–water partition coefficient (Wildman–Crippen LogP) is 1.80. The Hall–Kier alpha value is -2.27. The van der Waals surface area contributed by atoms with E-state index in [9.17, 15) is 21.6 Å². The Balaban J connectivity index is 1.54. The SMILES string of the molecule is Cc1ccc(C)c(S(=O)(=O)NCCNC(=O)c2ccc(S(=O)(=O)N3CCCC3)cc2)c1. The summed E-state index contributed by atoms with van der Waals surface area (Å²) in [5.41, 5.74) is 1.79. The second-order valence-corrected chi connectivity index (χ2v) is 11.2. The standard InChI is InChI=1S/C21H27N3O5S2/c1-16-5-6-17(2)20(15-16)30(26,27)23-12-11-22-21(25)18-7-9-19(10-8-18)31(28,29)24-13-3-4-14-24/h5-10,15,23H,3-4,11-14H2,1-2H3,(H,22,25). The number of sulfonamides is 2. The number of benzene rings is 2. The Labute approximate surface area is 183 Å². The van der Waals surface area contributed by atoms with Gasteiger partial charge in [0.2, 0.25) is 20.0 Å². The van der Waals surface area contributed by atoms with E-state index in [-0.39, 0.29) is 22.9 Å².